The Kier molecular flexibility index (Phi) is 4.59. The molecular formula is C21H18ClNO2. The van der Waals surface area contributed by atoms with Crippen molar-refractivity contribution in [3.8, 4) is 11.5 Å². The maximum absolute atomic E-state index is 5.88. The van der Waals surface area contributed by atoms with Crippen molar-refractivity contribution in [1.29, 1.82) is 0 Å². The number of rotatable bonds is 5. The van der Waals surface area contributed by atoms with E-state index in [0.29, 0.717) is 11.6 Å². The van der Waals surface area contributed by atoms with Crippen molar-refractivity contribution in [1.82, 2.24) is 0 Å². The second kappa shape index (κ2) is 7.18. The highest BCUT2D eigenvalue weighted by atomic mass is 35.5. The van der Waals surface area contributed by atoms with Crippen molar-refractivity contribution in [3.63, 3.8) is 0 Å². The van der Waals surface area contributed by atoms with Crippen LogP contribution in [-0.4, -0.2) is 0 Å². The summed E-state index contributed by atoms with van der Waals surface area (Å²) in [6.45, 7) is 2.21. The molecule has 4 heteroatoms. The van der Waals surface area contributed by atoms with Gasteiger partial charge >= 0.3 is 0 Å². The third-order valence-electron chi connectivity index (χ3n) is 4.26. The molecule has 1 aliphatic rings. The van der Waals surface area contributed by atoms with Gasteiger partial charge in [-0.1, -0.05) is 29.8 Å². The third kappa shape index (κ3) is 3.78. The normalized spacial score (nSPS) is 12.7. The molecule has 3 aromatic carbocycles. The van der Waals surface area contributed by atoms with Crippen molar-refractivity contribution in [2.24, 2.45) is 0 Å². The molecule has 25 heavy (non-hydrogen) atoms. The van der Waals surface area contributed by atoms with Gasteiger partial charge in [0.25, 0.3) is 0 Å². The Bertz CT molecular complexity index is 860. The first-order chi connectivity index (χ1) is 12.3. The van der Waals surface area contributed by atoms with Gasteiger partial charge in [0.2, 0.25) is 0 Å². The predicted octanol–water partition coefficient (Wildman–Crippen LogP) is 5.77. The molecule has 0 aromatic heterocycles. The summed E-state index contributed by atoms with van der Waals surface area (Å²) >= 11 is 5.88. The van der Waals surface area contributed by atoms with Gasteiger partial charge in [0.05, 0.1) is 13.2 Å². The molecule has 0 saturated heterocycles. The van der Waals surface area contributed by atoms with Gasteiger partial charge < -0.3 is 14.8 Å². The van der Waals surface area contributed by atoms with E-state index in [1.165, 1.54) is 16.7 Å². The number of anilines is 1. The lowest BCUT2D eigenvalue weighted by Gasteiger charge is -2.11. The van der Waals surface area contributed by atoms with Crippen molar-refractivity contribution in [2.75, 3.05) is 5.32 Å². The number of halogens is 1. The Hall–Kier alpha value is -2.49. The lowest BCUT2D eigenvalue weighted by molar-refractivity contribution is 0.134. The molecule has 3 aromatic rings. The van der Waals surface area contributed by atoms with Crippen molar-refractivity contribution in [3.05, 3.63) is 88.4 Å². The van der Waals surface area contributed by atoms with Gasteiger partial charge in [0, 0.05) is 17.3 Å². The maximum atomic E-state index is 5.88. The molecule has 0 spiro atoms. The van der Waals surface area contributed by atoms with Crippen LogP contribution in [0.1, 0.15) is 16.7 Å². The van der Waals surface area contributed by atoms with Crippen molar-refractivity contribution in [2.45, 2.75) is 19.8 Å². The Morgan fingerprint density at radius 3 is 2.36 bits per heavy atom. The van der Waals surface area contributed by atoms with Crippen LogP contribution in [0.5, 0.6) is 11.5 Å². The van der Waals surface area contributed by atoms with E-state index in [1.54, 1.807) is 0 Å². The monoisotopic (exact) mass is 351 g/mol. The first-order valence-corrected chi connectivity index (χ1v) is 8.60. The molecular weight excluding hydrogens is 334 g/mol. The molecule has 0 amide bonds. The number of nitrogens with one attached hydrogen (secondary N) is 1. The summed E-state index contributed by atoms with van der Waals surface area (Å²) in [6.07, 6.45) is 0. The van der Waals surface area contributed by atoms with Crippen LogP contribution >= 0.6 is 11.6 Å². The Balaban J connectivity index is 1.39. The summed E-state index contributed by atoms with van der Waals surface area (Å²) in [6, 6.07) is 21.7. The molecule has 4 rings (SSSR count). The Morgan fingerprint density at radius 2 is 1.60 bits per heavy atom. The van der Waals surface area contributed by atoms with E-state index >= 15 is 0 Å². The molecule has 1 N–H and O–H groups in total. The molecule has 0 unspecified atom stereocenters. The summed E-state index contributed by atoms with van der Waals surface area (Å²) in [4.78, 5) is 0. The van der Waals surface area contributed by atoms with Gasteiger partial charge in [-0.15, -0.1) is 0 Å². The van der Waals surface area contributed by atoms with E-state index in [-0.39, 0.29) is 0 Å². The largest absolute Gasteiger partial charge is 0.457 e. The van der Waals surface area contributed by atoms with Gasteiger partial charge in [-0.3, -0.25) is 0 Å². The second-order valence-electron chi connectivity index (χ2n) is 5.98. The Morgan fingerprint density at radius 1 is 0.880 bits per heavy atom. The zero-order valence-corrected chi connectivity index (χ0v) is 14.4. The molecule has 126 valence electrons. The number of hydrogen-bond donors (Lipinski definition) is 1. The third-order valence-corrected chi connectivity index (χ3v) is 4.51. The van der Waals surface area contributed by atoms with Crippen LogP contribution in [0.15, 0.2) is 66.7 Å². The zero-order chi connectivity index (χ0) is 17.1. The molecule has 0 atom stereocenters. The number of fused-ring (bicyclic) bond motifs is 1. The van der Waals surface area contributed by atoms with E-state index in [1.807, 2.05) is 48.5 Å². The van der Waals surface area contributed by atoms with Gasteiger partial charge in [-0.05, 0) is 65.2 Å². The highest BCUT2D eigenvalue weighted by Crippen LogP contribution is 2.26. The summed E-state index contributed by atoms with van der Waals surface area (Å²) in [5.41, 5.74) is 4.96. The molecule has 0 aliphatic carbocycles. The fourth-order valence-electron chi connectivity index (χ4n) is 2.91. The van der Waals surface area contributed by atoms with E-state index < -0.39 is 0 Å². The SMILES string of the molecule is Clc1ccc(Oc2ccc(NCc3cccc4c3COC4)cc2)cc1. The van der Waals surface area contributed by atoms with Gasteiger partial charge in [-0.2, -0.15) is 0 Å². The predicted molar refractivity (Wildman–Crippen MR) is 100 cm³/mol. The van der Waals surface area contributed by atoms with Gasteiger partial charge in [0.1, 0.15) is 11.5 Å². The number of hydrogen-bond acceptors (Lipinski definition) is 3. The smallest absolute Gasteiger partial charge is 0.127 e. The van der Waals surface area contributed by atoms with Crippen molar-refractivity contribution < 1.29 is 9.47 Å². The topological polar surface area (TPSA) is 30.5 Å². The average Bonchev–Trinajstić information content (AvgIpc) is 3.12. The van der Waals surface area contributed by atoms with E-state index in [4.69, 9.17) is 21.1 Å². The highest BCUT2D eigenvalue weighted by molar-refractivity contribution is 6.30. The molecule has 0 radical (unpaired) electrons. The van der Waals surface area contributed by atoms with Crippen LogP contribution in [0.2, 0.25) is 5.02 Å². The van der Waals surface area contributed by atoms with E-state index in [0.717, 1.165) is 30.3 Å². The lowest BCUT2D eigenvalue weighted by atomic mass is 10.0. The number of ether oxygens (including phenoxy) is 2. The fraction of sp³-hybridized carbons (Fsp3) is 0.143. The summed E-state index contributed by atoms with van der Waals surface area (Å²) < 4.78 is 11.3. The second-order valence-corrected chi connectivity index (χ2v) is 6.42. The first kappa shape index (κ1) is 16.0. The molecule has 1 aliphatic heterocycles. The van der Waals surface area contributed by atoms with Crippen LogP contribution in [0.25, 0.3) is 0 Å². The van der Waals surface area contributed by atoms with Gasteiger partial charge in [-0.25, -0.2) is 0 Å². The van der Waals surface area contributed by atoms with Crippen LogP contribution in [0.3, 0.4) is 0 Å². The van der Waals surface area contributed by atoms with E-state index in [2.05, 4.69) is 23.5 Å². The fourth-order valence-corrected chi connectivity index (χ4v) is 3.04. The molecule has 3 nitrogen and oxygen atoms in total. The lowest BCUT2D eigenvalue weighted by Crippen LogP contribution is -2.02. The van der Waals surface area contributed by atoms with Crippen LogP contribution in [0.4, 0.5) is 5.69 Å². The average molecular weight is 352 g/mol. The van der Waals surface area contributed by atoms with Crippen LogP contribution < -0.4 is 10.1 Å². The zero-order valence-electron chi connectivity index (χ0n) is 13.7. The molecule has 1 heterocycles. The minimum Gasteiger partial charge on any atom is -0.457 e. The minimum atomic E-state index is 0.699. The summed E-state index contributed by atoms with van der Waals surface area (Å²) in [5, 5.41) is 4.16. The minimum absolute atomic E-state index is 0.699. The summed E-state index contributed by atoms with van der Waals surface area (Å²) in [5.74, 6) is 1.56. The summed E-state index contributed by atoms with van der Waals surface area (Å²) in [7, 11) is 0. The first-order valence-electron chi connectivity index (χ1n) is 8.23. The van der Waals surface area contributed by atoms with Crippen LogP contribution in [-0.2, 0) is 24.5 Å². The number of benzene rings is 3. The Labute approximate surface area is 152 Å². The van der Waals surface area contributed by atoms with Crippen LogP contribution in [0, 0.1) is 0 Å². The van der Waals surface area contributed by atoms with E-state index in [9.17, 15) is 0 Å². The molecule has 0 saturated carbocycles. The maximum Gasteiger partial charge on any atom is 0.127 e. The molecule has 0 bridgehead atoms. The van der Waals surface area contributed by atoms with Crippen molar-refractivity contribution >= 4 is 17.3 Å². The van der Waals surface area contributed by atoms with Gasteiger partial charge in [0.15, 0.2) is 0 Å². The highest BCUT2D eigenvalue weighted by Gasteiger charge is 2.14. The molecule has 0 fully saturated rings. The standard InChI is InChI=1S/C21H18ClNO2/c22-17-4-8-19(9-5-17)25-20-10-6-18(7-11-20)23-12-15-2-1-3-16-13-24-14-21(15)16/h1-11,23H,12-14H2. The quantitative estimate of drug-likeness (QED) is 0.632.